The summed E-state index contributed by atoms with van der Waals surface area (Å²) in [5.41, 5.74) is 1.23. The van der Waals surface area contributed by atoms with Crippen LogP contribution in [0.3, 0.4) is 0 Å². The second-order valence-electron chi connectivity index (χ2n) is 4.92. The Bertz CT molecular complexity index is 550. The third-order valence-corrected chi connectivity index (χ3v) is 6.01. The van der Waals surface area contributed by atoms with Crippen molar-refractivity contribution in [3.8, 4) is 0 Å². The van der Waals surface area contributed by atoms with Crippen LogP contribution in [0, 0.1) is 0 Å². The lowest BCUT2D eigenvalue weighted by atomic mass is 10.2. The summed E-state index contributed by atoms with van der Waals surface area (Å²) in [7, 11) is -3.42. The molecule has 1 aromatic carbocycles. The van der Waals surface area contributed by atoms with Crippen molar-refractivity contribution in [3.63, 3.8) is 0 Å². The van der Waals surface area contributed by atoms with E-state index in [-0.39, 0.29) is 19.1 Å². The van der Waals surface area contributed by atoms with Crippen LogP contribution < -0.4 is 4.90 Å². The molecule has 0 aromatic heterocycles. The number of rotatable bonds is 6. The zero-order valence-electron chi connectivity index (χ0n) is 12.7. The largest absolute Gasteiger partial charge is 0.342 e. The maximum absolute atomic E-state index is 12.7. The molecule has 1 aliphatic heterocycles. The number of carbonyl (C=O) groups is 1. The maximum Gasteiger partial charge on any atom is 0.342 e. The molecule has 116 valence electrons. The van der Waals surface area contributed by atoms with E-state index in [1.165, 1.54) is 0 Å². The summed E-state index contributed by atoms with van der Waals surface area (Å²) >= 11 is 0. The van der Waals surface area contributed by atoms with Crippen LogP contribution >= 0.6 is 7.60 Å². The predicted octanol–water partition coefficient (Wildman–Crippen LogP) is 3.23. The van der Waals surface area contributed by atoms with Gasteiger partial charge in [-0.25, -0.2) is 0 Å². The fourth-order valence-electron chi connectivity index (χ4n) is 2.55. The first-order valence-corrected chi connectivity index (χ1v) is 8.92. The number of para-hydroxylation sites is 1. The molecular weight excluding hydrogens is 289 g/mol. The molecule has 0 saturated heterocycles. The number of fused-ring (bicyclic) bond motifs is 1. The van der Waals surface area contributed by atoms with E-state index in [0.717, 1.165) is 17.7 Å². The first kappa shape index (κ1) is 16.2. The van der Waals surface area contributed by atoms with E-state index in [0.29, 0.717) is 6.54 Å². The molecule has 1 unspecified atom stereocenters. The number of anilines is 1. The highest BCUT2D eigenvalue weighted by Gasteiger charge is 2.41. The zero-order chi connectivity index (χ0) is 15.5. The SMILES string of the molecule is CCOP(=O)(OCC)C(C)C(=O)N1CCc2ccccc21. The highest BCUT2D eigenvalue weighted by Crippen LogP contribution is 2.53. The molecule has 1 atom stereocenters. The molecule has 1 aromatic rings. The van der Waals surface area contributed by atoms with Gasteiger partial charge in [0.15, 0.2) is 0 Å². The highest BCUT2D eigenvalue weighted by atomic mass is 31.2. The quantitative estimate of drug-likeness (QED) is 0.757. The van der Waals surface area contributed by atoms with Gasteiger partial charge >= 0.3 is 7.60 Å². The normalized spacial score (nSPS) is 15.9. The molecule has 21 heavy (non-hydrogen) atoms. The number of nitrogens with zero attached hydrogens (tertiary/aromatic N) is 1. The van der Waals surface area contributed by atoms with Gasteiger partial charge in [-0.05, 0) is 38.8 Å². The van der Waals surface area contributed by atoms with E-state index < -0.39 is 13.3 Å². The zero-order valence-corrected chi connectivity index (χ0v) is 13.6. The molecule has 1 aliphatic rings. The Hall–Kier alpha value is -1.16. The van der Waals surface area contributed by atoms with Crippen molar-refractivity contribution in [2.45, 2.75) is 32.9 Å². The third-order valence-electron chi connectivity index (χ3n) is 3.60. The summed E-state index contributed by atoms with van der Waals surface area (Å²) in [4.78, 5) is 14.4. The summed E-state index contributed by atoms with van der Waals surface area (Å²) in [6, 6.07) is 7.79. The van der Waals surface area contributed by atoms with Crippen LogP contribution in [0.25, 0.3) is 0 Å². The molecule has 0 N–H and O–H groups in total. The van der Waals surface area contributed by atoms with Crippen LogP contribution in [0.1, 0.15) is 26.3 Å². The minimum Gasteiger partial charge on any atom is -0.311 e. The van der Waals surface area contributed by atoms with Gasteiger partial charge in [-0.1, -0.05) is 18.2 Å². The number of benzene rings is 1. The maximum atomic E-state index is 12.7. The summed E-state index contributed by atoms with van der Waals surface area (Å²) in [6.45, 7) is 6.23. The van der Waals surface area contributed by atoms with Crippen LogP contribution in [-0.2, 0) is 24.8 Å². The Morgan fingerprint density at radius 3 is 2.52 bits per heavy atom. The molecule has 5 nitrogen and oxygen atoms in total. The molecule has 6 heteroatoms. The molecular formula is C15H22NO4P. The number of hydrogen-bond acceptors (Lipinski definition) is 4. The Kier molecular flexibility index (Phi) is 5.20. The van der Waals surface area contributed by atoms with Crippen LogP contribution in [0.15, 0.2) is 24.3 Å². The van der Waals surface area contributed by atoms with Gasteiger partial charge in [0, 0.05) is 12.2 Å². The van der Waals surface area contributed by atoms with Crippen molar-refractivity contribution < 1.29 is 18.4 Å². The van der Waals surface area contributed by atoms with Gasteiger partial charge in [0.1, 0.15) is 5.66 Å². The van der Waals surface area contributed by atoms with Crippen LogP contribution in [-0.4, -0.2) is 31.3 Å². The second-order valence-corrected chi connectivity index (χ2v) is 7.29. The molecule has 1 amide bonds. The van der Waals surface area contributed by atoms with E-state index in [1.54, 1.807) is 25.7 Å². The van der Waals surface area contributed by atoms with Gasteiger partial charge < -0.3 is 13.9 Å². The van der Waals surface area contributed by atoms with Gasteiger partial charge in [0.2, 0.25) is 5.91 Å². The van der Waals surface area contributed by atoms with Gasteiger partial charge in [-0.2, -0.15) is 0 Å². The van der Waals surface area contributed by atoms with Crippen molar-refractivity contribution in [1.82, 2.24) is 0 Å². The van der Waals surface area contributed by atoms with Crippen molar-refractivity contribution in [1.29, 1.82) is 0 Å². The van der Waals surface area contributed by atoms with E-state index in [2.05, 4.69) is 0 Å². The van der Waals surface area contributed by atoms with Crippen LogP contribution in [0.5, 0.6) is 0 Å². The summed E-state index contributed by atoms with van der Waals surface area (Å²) in [6.07, 6.45) is 0.822. The smallest absolute Gasteiger partial charge is 0.311 e. The fourth-order valence-corrected chi connectivity index (χ4v) is 4.20. The molecule has 0 radical (unpaired) electrons. The molecule has 0 aliphatic carbocycles. The number of amides is 1. The molecule has 1 heterocycles. The summed E-state index contributed by atoms with van der Waals surface area (Å²) in [5, 5.41) is 0. The topological polar surface area (TPSA) is 55.8 Å². The summed E-state index contributed by atoms with van der Waals surface area (Å²) in [5.74, 6) is -0.204. The van der Waals surface area contributed by atoms with E-state index >= 15 is 0 Å². The standard InChI is InChI=1S/C15H22NO4P/c1-4-19-21(18,20-5-2)12(3)15(17)16-11-10-13-8-6-7-9-14(13)16/h6-9,12H,4-5,10-11H2,1-3H3. The number of carbonyl (C=O) groups excluding carboxylic acids is 1. The second kappa shape index (κ2) is 6.73. The monoisotopic (exact) mass is 311 g/mol. The van der Waals surface area contributed by atoms with Crippen molar-refractivity contribution in [3.05, 3.63) is 29.8 Å². The lowest BCUT2D eigenvalue weighted by molar-refractivity contribution is -0.118. The van der Waals surface area contributed by atoms with Gasteiger partial charge in [0.05, 0.1) is 13.2 Å². The molecule has 0 fully saturated rings. The Morgan fingerprint density at radius 2 is 1.90 bits per heavy atom. The van der Waals surface area contributed by atoms with Crippen LogP contribution in [0.2, 0.25) is 0 Å². The summed E-state index contributed by atoms with van der Waals surface area (Å²) < 4.78 is 23.3. The third kappa shape index (κ3) is 3.20. The van der Waals surface area contributed by atoms with E-state index in [4.69, 9.17) is 9.05 Å². The van der Waals surface area contributed by atoms with Crippen LogP contribution in [0.4, 0.5) is 5.69 Å². The predicted molar refractivity (Wildman–Crippen MR) is 82.8 cm³/mol. The molecule has 0 saturated carbocycles. The number of hydrogen-bond donors (Lipinski definition) is 0. The first-order chi connectivity index (χ1) is 10.0. The van der Waals surface area contributed by atoms with E-state index in [9.17, 15) is 9.36 Å². The van der Waals surface area contributed by atoms with Crippen molar-refractivity contribution in [2.24, 2.45) is 0 Å². The fraction of sp³-hybridized carbons (Fsp3) is 0.533. The molecule has 2 rings (SSSR count). The van der Waals surface area contributed by atoms with Crippen molar-refractivity contribution in [2.75, 3.05) is 24.7 Å². The molecule has 0 bridgehead atoms. The average molecular weight is 311 g/mol. The van der Waals surface area contributed by atoms with Gasteiger partial charge in [-0.15, -0.1) is 0 Å². The Balaban J connectivity index is 2.22. The minimum absolute atomic E-state index is 0.204. The average Bonchev–Trinajstić information content (AvgIpc) is 2.90. The Morgan fingerprint density at radius 1 is 1.29 bits per heavy atom. The van der Waals surface area contributed by atoms with Gasteiger partial charge in [0.25, 0.3) is 0 Å². The van der Waals surface area contributed by atoms with Gasteiger partial charge in [-0.3, -0.25) is 9.36 Å². The first-order valence-electron chi connectivity index (χ1n) is 7.31. The Labute approximate surface area is 125 Å². The van der Waals surface area contributed by atoms with E-state index in [1.807, 2.05) is 24.3 Å². The lowest BCUT2D eigenvalue weighted by Crippen LogP contribution is -2.37. The lowest BCUT2D eigenvalue weighted by Gasteiger charge is -2.26. The van der Waals surface area contributed by atoms with Crippen molar-refractivity contribution >= 4 is 19.2 Å². The minimum atomic E-state index is -3.42. The highest BCUT2D eigenvalue weighted by molar-refractivity contribution is 7.55. The molecule has 0 spiro atoms.